The van der Waals surface area contributed by atoms with Crippen molar-refractivity contribution in [1.29, 1.82) is 0 Å². The van der Waals surface area contributed by atoms with E-state index < -0.39 is 0 Å². The third-order valence-corrected chi connectivity index (χ3v) is 3.09. The van der Waals surface area contributed by atoms with Crippen molar-refractivity contribution in [2.24, 2.45) is 12.9 Å². The van der Waals surface area contributed by atoms with E-state index in [-0.39, 0.29) is 12.1 Å². The van der Waals surface area contributed by atoms with Crippen molar-refractivity contribution in [1.82, 2.24) is 25.6 Å². The van der Waals surface area contributed by atoms with Crippen molar-refractivity contribution < 1.29 is 4.74 Å². The van der Waals surface area contributed by atoms with E-state index in [2.05, 4.69) is 20.8 Å². The number of hydrogen-bond donors (Lipinski definition) is 2. The molecule has 0 bridgehead atoms. The standard InChI is InChI=1S/C12H17ClN6O/c1-8(20-10-5-3-4-9(13)6-10)11(15-14)7-12-16-18-19(2)17-12/h3-6,8,11,15H,7,14H2,1-2H3. The largest absolute Gasteiger partial charge is 0.489 e. The van der Waals surface area contributed by atoms with Crippen LogP contribution in [0.5, 0.6) is 5.75 Å². The van der Waals surface area contributed by atoms with Gasteiger partial charge in [0.2, 0.25) is 0 Å². The maximum absolute atomic E-state index is 5.92. The van der Waals surface area contributed by atoms with E-state index in [9.17, 15) is 0 Å². The van der Waals surface area contributed by atoms with Crippen molar-refractivity contribution >= 4 is 11.6 Å². The molecule has 1 aromatic heterocycles. The molecule has 3 N–H and O–H groups in total. The Morgan fingerprint density at radius 2 is 2.30 bits per heavy atom. The van der Waals surface area contributed by atoms with Crippen LogP contribution in [0.4, 0.5) is 0 Å². The fourth-order valence-electron chi connectivity index (χ4n) is 1.80. The predicted molar refractivity (Wildman–Crippen MR) is 75.2 cm³/mol. The average molecular weight is 297 g/mol. The number of hydrogen-bond acceptors (Lipinski definition) is 6. The number of tetrazole rings is 1. The molecule has 108 valence electrons. The van der Waals surface area contributed by atoms with Crippen LogP contribution in [0.1, 0.15) is 12.7 Å². The molecule has 2 rings (SSSR count). The van der Waals surface area contributed by atoms with Gasteiger partial charge in [0.15, 0.2) is 5.82 Å². The minimum absolute atomic E-state index is 0.141. The quantitative estimate of drug-likeness (QED) is 0.602. The second kappa shape index (κ2) is 6.65. The molecule has 0 saturated carbocycles. The number of aryl methyl sites for hydroxylation is 1. The highest BCUT2D eigenvalue weighted by atomic mass is 35.5. The molecule has 1 aromatic carbocycles. The number of benzene rings is 1. The van der Waals surface area contributed by atoms with Gasteiger partial charge in [-0.25, -0.2) is 0 Å². The summed E-state index contributed by atoms with van der Waals surface area (Å²) in [5.74, 6) is 6.87. The lowest BCUT2D eigenvalue weighted by Crippen LogP contribution is -2.46. The van der Waals surface area contributed by atoms with Crippen molar-refractivity contribution in [2.45, 2.75) is 25.5 Å². The smallest absolute Gasteiger partial charge is 0.176 e. The lowest BCUT2D eigenvalue weighted by molar-refractivity contribution is 0.168. The predicted octanol–water partition coefficient (Wildman–Crippen LogP) is 0.705. The number of ether oxygens (including phenoxy) is 1. The number of nitrogens with zero attached hydrogens (tertiary/aromatic N) is 4. The van der Waals surface area contributed by atoms with Crippen molar-refractivity contribution in [3.05, 3.63) is 35.1 Å². The van der Waals surface area contributed by atoms with Gasteiger partial charge in [-0.2, -0.15) is 4.80 Å². The van der Waals surface area contributed by atoms with E-state index >= 15 is 0 Å². The van der Waals surface area contributed by atoms with Crippen LogP contribution in [0, 0.1) is 0 Å². The summed E-state index contributed by atoms with van der Waals surface area (Å²) in [5.41, 5.74) is 2.72. The molecule has 0 aliphatic carbocycles. The first-order valence-electron chi connectivity index (χ1n) is 6.19. The van der Waals surface area contributed by atoms with E-state index in [1.807, 2.05) is 19.1 Å². The minimum Gasteiger partial charge on any atom is -0.489 e. The molecule has 20 heavy (non-hydrogen) atoms. The summed E-state index contributed by atoms with van der Waals surface area (Å²) in [4.78, 5) is 1.41. The summed E-state index contributed by atoms with van der Waals surface area (Å²) < 4.78 is 5.82. The zero-order valence-corrected chi connectivity index (χ0v) is 12.1. The van der Waals surface area contributed by atoms with Crippen LogP contribution < -0.4 is 16.0 Å². The molecule has 2 atom stereocenters. The Morgan fingerprint density at radius 3 is 2.90 bits per heavy atom. The minimum atomic E-state index is -0.178. The number of aromatic nitrogens is 4. The molecule has 0 saturated heterocycles. The van der Waals surface area contributed by atoms with Gasteiger partial charge in [0.1, 0.15) is 11.9 Å². The maximum atomic E-state index is 5.92. The van der Waals surface area contributed by atoms with Crippen LogP contribution in [-0.2, 0) is 13.5 Å². The van der Waals surface area contributed by atoms with Crippen molar-refractivity contribution in [3.63, 3.8) is 0 Å². The summed E-state index contributed by atoms with van der Waals surface area (Å²) in [6, 6.07) is 7.09. The molecule has 0 aliphatic rings. The van der Waals surface area contributed by atoms with Gasteiger partial charge in [0, 0.05) is 11.4 Å². The van der Waals surface area contributed by atoms with E-state index in [0.717, 1.165) is 0 Å². The van der Waals surface area contributed by atoms with Crippen LogP contribution in [-0.4, -0.2) is 32.4 Å². The summed E-state index contributed by atoms with van der Waals surface area (Å²) >= 11 is 5.92. The second-order valence-corrected chi connectivity index (χ2v) is 4.89. The Bertz CT molecular complexity index is 560. The first kappa shape index (κ1) is 14.7. The lowest BCUT2D eigenvalue weighted by atomic mass is 10.1. The van der Waals surface area contributed by atoms with Crippen molar-refractivity contribution in [3.8, 4) is 5.75 Å². The molecule has 2 unspecified atom stereocenters. The Kier molecular flexibility index (Phi) is 4.89. The zero-order chi connectivity index (χ0) is 14.5. The second-order valence-electron chi connectivity index (χ2n) is 4.45. The van der Waals surface area contributed by atoms with E-state index in [0.29, 0.717) is 23.0 Å². The molecule has 1 heterocycles. The van der Waals surface area contributed by atoms with Crippen LogP contribution in [0.2, 0.25) is 5.02 Å². The molecule has 0 aliphatic heterocycles. The third kappa shape index (κ3) is 3.89. The van der Waals surface area contributed by atoms with E-state index in [1.165, 1.54) is 4.80 Å². The zero-order valence-electron chi connectivity index (χ0n) is 11.3. The Balaban J connectivity index is 1.99. The Labute approximate surface area is 122 Å². The van der Waals surface area contributed by atoms with E-state index in [1.54, 1.807) is 19.2 Å². The fourth-order valence-corrected chi connectivity index (χ4v) is 1.98. The van der Waals surface area contributed by atoms with Gasteiger partial charge in [-0.15, -0.1) is 10.2 Å². The molecule has 0 spiro atoms. The molecule has 0 fully saturated rings. The average Bonchev–Trinajstić information content (AvgIpc) is 2.81. The van der Waals surface area contributed by atoms with Gasteiger partial charge in [0.25, 0.3) is 0 Å². The van der Waals surface area contributed by atoms with Crippen molar-refractivity contribution in [2.75, 3.05) is 0 Å². The highest BCUT2D eigenvalue weighted by Gasteiger charge is 2.20. The van der Waals surface area contributed by atoms with Gasteiger partial charge in [-0.1, -0.05) is 17.7 Å². The third-order valence-electron chi connectivity index (χ3n) is 2.85. The first-order chi connectivity index (χ1) is 9.58. The fraction of sp³-hybridized carbons (Fsp3) is 0.417. The number of halogens is 1. The Hall–Kier alpha value is -1.70. The van der Waals surface area contributed by atoms with Crippen LogP contribution in [0.3, 0.4) is 0 Å². The number of nitrogens with two attached hydrogens (primary N) is 1. The molecular formula is C12H17ClN6O. The molecule has 0 radical (unpaired) electrons. The SMILES string of the molecule is CC(Oc1cccc(Cl)c1)C(Cc1nnn(C)n1)NN. The monoisotopic (exact) mass is 296 g/mol. The number of hydrazine groups is 1. The van der Waals surface area contributed by atoms with Crippen LogP contribution >= 0.6 is 11.6 Å². The maximum Gasteiger partial charge on any atom is 0.176 e. The lowest BCUT2D eigenvalue weighted by Gasteiger charge is -2.23. The van der Waals surface area contributed by atoms with Gasteiger partial charge < -0.3 is 4.74 Å². The summed E-state index contributed by atoms with van der Waals surface area (Å²) in [5, 5.41) is 12.5. The molecule has 8 heteroatoms. The van der Waals surface area contributed by atoms with E-state index in [4.69, 9.17) is 22.2 Å². The Morgan fingerprint density at radius 1 is 1.50 bits per heavy atom. The number of nitrogens with one attached hydrogen (secondary N) is 1. The highest BCUT2D eigenvalue weighted by molar-refractivity contribution is 6.30. The molecule has 0 amide bonds. The van der Waals surface area contributed by atoms with Gasteiger partial charge in [0.05, 0.1) is 13.1 Å². The van der Waals surface area contributed by atoms with Crippen LogP contribution in [0.25, 0.3) is 0 Å². The van der Waals surface area contributed by atoms with Gasteiger partial charge in [-0.3, -0.25) is 11.3 Å². The summed E-state index contributed by atoms with van der Waals surface area (Å²) in [6.45, 7) is 1.92. The van der Waals surface area contributed by atoms with Gasteiger partial charge >= 0.3 is 0 Å². The summed E-state index contributed by atoms with van der Waals surface area (Å²) in [6.07, 6.45) is 0.341. The molecule has 7 nitrogen and oxygen atoms in total. The normalized spacial score (nSPS) is 14.0. The number of rotatable bonds is 6. The van der Waals surface area contributed by atoms with Gasteiger partial charge in [-0.05, 0) is 30.3 Å². The first-order valence-corrected chi connectivity index (χ1v) is 6.57. The van der Waals surface area contributed by atoms with Crippen LogP contribution in [0.15, 0.2) is 24.3 Å². The highest BCUT2D eigenvalue weighted by Crippen LogP contribution is 2.19. The topological polar surface area (TPSA) is 90.9 Å². The molecular weight excluding hydrogens is 280 g/mol. The molecule has 2 aromatic rings. The summed E-state index contributed by atoms with van der Waals surface area (Å²) in [7, 11) is 1.72.